The maximum atomic E-state index is 13.6. The lowest BCUT2D eigenvalue weighted by molar-refractivity contribution is 0.0729. The van der Waals surface area contributed by atoms with Crippen molar-refractivity contribution in [1.82, 2.24) is 4.90 Å². The monoisotopic (exact) mass is 527 g/mol. The summed E-state index contributed by atoms with van der Waals surface area (Å²) in [5.41, 5.74) is 3.78. The van der Waals surface area contributed by atoms with E-state index in [1.807, 2.05) is 48.5 Å². The van der Waals surface area contributed by atoms with Gasteiger partial charge in [0.15, 0.2) is 23.0 Å². The van der Waals surface area contributed by atoms with Gasteiger partial charge in [-0.1, -0.05) is 42.5 Å². The van der Waals surface area contributed by atoms with Crippen LogP contribution >= 0.6 is 0 Å². The summed E-state index contributed by atoms with van der Waals surface area (Å²) in [6.07, 6.45) is -1.51. The molecule has 1 amide bonds. The average molecular weight is 528 g/mol. The third-order valence-electron chi connectivity index (χ3n) is 6.26. The van der Waals surface area contributed by atoms with E-state index in [0.29, 0.717) is 35.7 Å². The molecule has 2 N–H and O–H groups in total. The number of benzene rings is 4. The number of nitrogens with zero attached hydrogens (tertiary/aromatic N) is 1. The van der Waals surface area contributed by atoms with Crippen LogP contribution in [-0.2, 0) is 13.1 Å². The molecule has 1 heterocycles. The zero-order chi connectivity index (χ0) is 27.4. The quantitative estimate of drug-likeness (QED) is 0.222. The summed E-state index contributed by atoms with van der Waals surface area (Å²) in [5.74, 6) is 1.29. The van der Waals surface area contributed by atoms with Crippen molar-refractivity contribution in [1.29, 1.82) is 0 Å². The first-order valence-electron chi connectivity index (χ1n) is 12.0. The third kappa shape index (κ3) is 5.88. The number of phenols is 1. The number of ether oxygens (including phenoxy) is 4. The van der Waals surface area contributed by atoms with E-state index >= 15 is 0 Å². The van der Waals surface area contributed by atoms with Gasteiger partial charge in [-0.15, -0.1) is 0 Å². The Morgan fingerprint density at radius 3 is 2.13 bits per heavy atom. The predicted octanol–water partition coefficient (Wildman–Crippen LogP) is 5.70. The van der Waals surface area contributed by atoms with Crippen molar-refractivity contribution >= 4 is 12.1 Å². The largest absolute Gasteiger partial charge is 0.511 e. The number of hydrogen-bond acceptors (Lipinski definition) is 7. The Kier molecular flexibility index (Phi) is 7.22. The number of amides is 1. The fourth-order valence-electron chi connectivity index (χ4n) is 4.26. The van der Waals surface area contributed by atoms with Gasteiger partial charge in [-0.3, -0.25) is 4.79 Å². The molecule has 0 spiro atoms. The number of carboxylic acid groups (broad SMARTS) is 1. The lowest BCUT2D eigenvalue weighted by Gasteiger charge is -2.24. The van der Waals surface area contributed by atoms with E-state index in [9.17, 15) is 14.7 Å². The van der Waals surface area contributed by atoms with Crippen molar-refractivity contribution in [3.63, 3.8) is 0 Å². The number of carbonyl (C=O) groups is 2. The molecule has 9 nitrogen and oxygen atoms in total. The van der Waals surface area contributed by atoms with Crippen molar-refractivity contribution in [2.75, 3.05) is 13.9 Å². The molecule has 0 aromatic heterocycles. The first-order valence-corrected chi connectivity index (χ1v) is 12.0. The Morgan fingerprint density at radius 1 is 0.821 bits per heavy atom. The molecule has 0 saturated heterocycles. The van der Waals surface area contributed by atoms with Crippen molar-refractivity contribution in [3.05, 3.63) is 102 Å². The molecule has 9 heteroatoms. The van der Waals surface area contributed by atoms with Crippen LogP contribution in [0.2, 0.25) is 0 Å². The van der Waals surface area contributed by atoms with Crippen LogP contribution in [0.1, 0.15) is 21.5 Å². The van der Waals surface area contributed by atoms with Gasteiger partial charge >= 0.3 is 6.16 Å². The third-order valence-corrected chi connectivity index (χ3v) is 6.26. The van der Waals surface area contributed by atoms with E-state index in [2.05, 4.69) is 4.74 Å². The van der Waals surface area contributed by atoms with Gasteiger partial charge in [0, 0.05) is 18.7 Å². The standard InChI is InChI=1S/C30H25NO8/c1-36-24-10-4-20(5-11-24)17-31(29(33)23-9-13-26-28(15-23)38-18-37-26)16-19-2-6-21(7-3-19)22-8-12-25(32)27(14-22)39-30(34)35/h2-15,32H,16-18H2,1H3,(H,34,35). The SMILES string of the molecule is COc1ccc(CN(Cc2ccc(-c3ccc(O)c(OC(=O)O)c3)cc2)C(=O)c2ccc3c(c2)OCO3)cc1. The van der Waals surface area contributed by atoms with Crippen LogP contribution in [0.25, 0.3) is 11.1 Å². The highest BCUT2D eigenvalue weighted by Gasteiger charge is 2.21. The van der Waals surface area contributed by atoms with E-state index in [0.717, 1.165) is 22.4 Å². The van der Waals surface area contributed by atoms with Crippen LogP contribution in [0.3, 0.4) is 0 Å². The van der Waals surface area contributed by atoms with Gasteiger partial charge in [0.1, 0.15) is 5.75 Å². The summed E-state index contributed by atoms with van der Waals surface area (Å²) in [4.78, 5) is 26.3. The van der Waals surface area contributed by atoms with Gasteiger partial charge < -0.3 is 34.1 Å². The minimum atomic E-state index is -1.51. The molecule has 4 aromatic rings. The highest BCUT2D eigenvalue weighted by Crippen LogP contribution is 2.34. The molecule has 0 atom stereocenters. The Hall–Kier alpha value is -5.18. The number of rotatable bonds is 8. The van der Waals surface area contributed by atoms with Crippen LogP contribution in [0.15, 0.2) is 84.9 Å². The molecule has 5 rings (SSSR count). The second kappa shape index (κ2) is 11.1. The lowest BCUT2D eigenvalue weighted by Crippen LogP contribution is -2.30. The van der Waals surface area contributed by atoms with E-state index in [1.165, 1.54) is 12.1 Å². The number of aromatic hydroxyl groups is 1. The molecule has 198 valence electrons. The number of phenolic OH excluding ortho intramolecular Hbond substituents is 1. The zero-order valence-corrected chi connectivity index (χ0v) is 21.0. The average Bonchev–Trinajstić information content (AvgIpc) is 3.42. The second-order valence-corrected chi connectivity index (χ2v) is 8.82. The van der Waals surface area contributed by atoms with Gasteiger partial charge in [-0.25, -0.2) is 4.79 Å². The molecule has 0 unspecified atom stereocenters. The topological polar surface area (TPSA) is 115 Å². The van der Waals surface area contributed by atoms with Gasteiger partial charge in [0.05, 0.1) is 7.11 Å². The summed E-state index contributed by atoms with van der Waals surface area (Å²) in [6.45, 7) is 0.829. The number of carbonyl (C=O) groups excluding carboxylic acids is 1. The Morgan fingerprint density at radius 2 is 1.46 bits per heavy atom. The Balaban J connectivity index is 1.39. The van der Waals surface area contributed by atoms with Crippen LogP contribution in [0.4, 0.5) is 4.79 Å². The van der Waals surface area contributed by atoms with Crippen molar-refractivity contribution in [3.8, 4) is 39.9 Å². The van der Waals surface area contributed by atoms with Gasteiger partial charge in [-0.2, -0.15) is 0 Å². The van der Waals surface area contributed by atoms with Crippen molar-refractivity contribution < 1.29 is 38.7 Å². The number of hydrogen-bond donors (Lipinski definition) is 2. The summed E-state index contributed by atoms with van der Waals surface area (Å²) in [6, 6.07) is 24.7. The van der Waals surface area contributed by atoms with Gasteiger partial charge in [0.2, 0.25) is 6.79 Å². The van der Waals surface area contributed by atoms with Crippen LogP contribution in [0, 0.1) is 0 Å². The number of fused-ring (bicyclic) bond motifs is 1. The molecular formula is C30H25NO8. The van der Waals surface area contributed by atoms with Crippen molar-refractivity contribution in [2.45, 2.75) is 13.1 Å². The van der Waals surface area contributed by atoms with Gasteiger partial charge in [-0.05, 0) is 64.7 Å². The first kappa shape index (κ1) is 25.5. The predicted molar refractivity (Wildman–Crippen MR) is 141 cm³/mol. The van der Waals surface area contributed by atoms with E-state index in [1.54, 1.807) is 36.3 Å². The second-order valence-electron chi connectivity index (χ2n) is 8.82. The molecule has 1 aliphatic heterocycles. The molecule has 0 radical (unpaired) electrons. The molecule has 4 aromatic carbocycles. The van der Waals surface area contributed by atoms with Crippen LogP contribution < -0.4 is 18.9 Å². The smallest absolute Gasteiger partial charge is 0.504 e. The normalized spacial score (nSPS) is 11.6. The van der Waals surface area contributed by atoms with E-state index < -0.39 is 6.16 Å². The molecule has 0 bridgehead atoms. The molecule has 0 fully saturated rings. The molecule has 39 heavy (non-hydrogen) atoms. The van der Waals surface area contributed by atoms with Gasteiger partial charge in [0.25, 0.3) is 5.91 Å². The minimum Gasteiger partial charge on any atom is -0.504 e. The lowest BCUT2D eigenvalue weighted by atomic mass is 10.0. The highest BCUT2D eigenvalue weighted by molar-refractivity contribution is 5.95. The van der Waals surface area contributed by atoms with Crippen LogP contribution in [-0.4, -0.2) is 41.1 Å². The molecular weight excluding hydrogens is 502 g/mol. The fourth-order valence-corrected chi connectivity index (χ4v) is 4.26. The Labute approximate surface area is 224 Å². The van der Waals surface area contributed by atoms with Crippen molar-refractivity contribution in [2.24, 2.45) is 0 Å². The zero-order valence-electron chi connectivity index (χ0n) is 21.0. The van der Waals surface area contributed by atoms with Crippen LogP contribution in [0.5, 0.6) is 28.7 Å². The summed E-state index contributed by atoms with van der Waals surface area (Å²) in [5, 5.41) is 18.8. The maximum absolute atomic E-state index is 13.6. The minimum absolute atomic E-state index is 0.125. The van der Waals surface area contributed by atoms with E-state index in [4.69, 9.17) is 19.3 Å². The highest BCUT2D eigenvalue weighted by atomic mass is 16.7. The molecule has 0 aliphatic carbocycles. The summed E-state index contributed by atoms with van der Waals surface area (Å²) in [7, 11) is 1.60. The summed E-state index contributed by atoms with van der Waals surface area (Å²) < 4.78 is 20.7. The maximum Gasteiger partial charge on any atom is 0.511 e. The summed E-state index contributed by atoms with van der Waals surface area (Å²) >= 11 is 0. The first-order chi connectivity index (χ1) is 18.9. The molecule has 0 saturated carbocycles. The van der Waals surface area contributed by atoms with E-state index in [-0.39, 0.29) is 24.2 Å². The molecule has 1 aliphatic rings. The Bertz CT molecular complexity index is 1500. The fraction of sp³-hybridized carbons (Fsp3) is 0.133. The number of methoxy groups -OCH3 is 1.